The largest absolute Gasteiger partial charge is 0.494 e. The van der Waals surface area contributed by atoms with E-state index in [-0.39, 0.29) is 27.0 Å². The molecule has 0 aliphatic heterocycles. The van der Waals surface area contributed by atoms with E-state index in [0.29, 0.717) is 40.1 Å². The van der Waals surface area contributed by atoms with E-state index in [0.717, 1.165) is 11.3 Å². The Morgan fingerprint density at radius 3 is 2.32 bits per heavy atom. The minimum Gasteiger partial charge on any atom is -0.494 e. The maximum atomic E-state index is 13.0. The Hall–Kier alpha value is -2.55. The zero-order chi connectivity index (χ0) is 22.6. The summed E-state index contributed by atoms with van der Waals surface area (Å²) in [6, 6.07) is 13.5. The highest BCUT2D eigenvalue weighted by Crippen LogP contribution is 2.42. The molecule has 31 heavy (non-hydrogen) atoms. The Morgan fingerprint density at radius 1 is 1.10 bits per heavy atom. The monoisotopic (exact) mass is 478 g/mol. The third kappa shape index (κ3) is 5.20. The zero-order valence-corrected chi connectivity index (χ0v) is 19.5. The quantitative estimate of drug-likeness (QED) is 0.392. The number of thiophene rings is 1. The summed E-state index contributed by atoms with van der Waals surface area (Å²) in [5.74, 6) is 0.281. The molecule has 0 aliphatic rings. The van der Waals surface area contributed by atoms with Crippen LogP contribution in [0.2, 0.25) is 5.02 Å². The van der Waals surface area contributed by atoms with Crippen molar-refractivity contribution in [2.45, 2.75) is 25.2 Å². The Labute approximate surface area is 190 Å². The van der Waals surface area contributed by atoms with Crippen molar-refractivity contribution in [3.05, 3.63) is 64.0 Å². The number of rotatable bonds is 9. The fourth-order valence-corrected chi connectivity index (χ4v) is 6.23. The standard InChI is InChI=1S/C22H23ClN2O4S2/c1-3-13-31(27,28)21-18(24)20(19(26)14-5-7-15(23)8-6-14)30-22(21)25-16-9-11-17(12-10-16)29-4-2/h5-12,25H,3-4,13,24H2,1-2H3. The average molecular weight is 479 g/mol. The maximum Gasteiger partial charge on any atom is 0.205 e. The second kappa shape index (κ2) is 9.72. The molecule has 3 rings (SSSR count). The smallest absolute Gasteiger partial charge is 0.205 e. The van der Waals surface area contributed by atoms with Gasteiger partial charge in [0, 0.05) is 16.3 Å². The molecule has 9 heteroatoms. The molecule has 0 atom stereocenters. The normalized spacial score (nSPS) is 11.3. The number of nitrogens with two attached hydrogens (primary N) is 1. The van der Waals surface area contributed by atoms with E-state index in [2.05, 4.69) is 5.32 Å². The number of carbonyl (C=O) groups excluding carboxylic acids is 1. The summed E-state index contributed by atoms with van der Waals surface area (Å²) in [5.41, 5.74) is 7.23. The van der Waals surface area contributed by atoms with Crippen LogP contribution in [0.1, 0.15) is 35.5 Å². The average Bonchev–Trinajstić information content (AvgIpc) is 3.06. The van der Waals surface area contributed by atoms with Crippen molar-refractivity contribution < 1.29 is 17.9 Å². The van der Waals surface area contributed by atoms with Crippen LogP contribution in [0.4, 0.5) is 16.4 Å². The Balaban J connectivity index is 2.05. The summed E-state index contributed by atoms with van der Waals surface area (Å²) in [5, 5.41) is 3.93. The number of carbonyl (C=O) groups is 1. The van der Waals surface area contributed by atoms with E-state index >= 15 is 0 Å². The van der Waals surface area contributed by atoms with Crippen LogP contribution in [0.15, 0.2) is 53.4 Å². The molecule has 3 N–H and O–H groups in total. The van der Waals surface area contributed by atoms with Crippen molar-refractivity contribution in [3.8, 4) is 5.75 Å². The first-order valence-corrected chi connectivity index (χ1v) is 12.6. The maximum absolute atomic E-state index is 13.0. The van der Waals surface area contributed by atoms with Gasteiger partial charge in [-0.3, -0.25) is 4.79 Å². The van der Waals surface area contributed by atoms with Crippen LogP contribution in [0.25, 0.3) is 0 Å². The van der Waals surface area contributed by atoms with E-state index < -0.39 is 9.84 Å². The number of nitrogens with one attached hydrogen (secondary N) is 1. The van der Waals surface area contributed by atoms with Gasteiger partial charge in [-0.15, -0.1) is 11.3 Å². The molecule has 0 aliphatic carbocycles. The first-order chi connectivity index (χ1) is 14.8. The number of nitrogen functional groups attached to an aromatic ring is 1. The van der Waals surface area contributed by atoms with Gasteiger partial charge in [-0.2, -0.15) is 0 Å². The van der Waals surface area contributed by atoms with Gasteiger partial charge in [-0.05, 0) is 61.9 Å². The Bertz CT molecular complexity index is 1170. The molecule has 0 fully saturated rings. The summed E-state index contributed by atoms with van der Waals surface area (Å²) in [6.07, 6.45) is 0.431. The van der Waals surface area contributed by atoms with Crippen molar-refractivity contribution in [2.75, 3.05) is 23.4 Å². The number of sulfone groups is 1. The van der Waals surface area contributed by atoms with Crippen LogP contribution >= 0.6 is 22.9 Å². The van der Waals surface area contributed by atoms with Crippen LogP contribution < -0.4 is 15.8 Å². The molecule has 0 spiro atoms. The van der Waals surface area contributed by atoms with Crippen molar-refractivity contribution in [3.63, 3.8) is 0 Å². The topological polar surface area (TPSA) is 98.5 Å². The highest BCUT2D eigenvalue weighted by molar-refractivity contribution is 7.92. The number of ether oxygens (including phenoxy) is 1. The second-order valence-electron chi connectivity index (χ2n) is 6.74. The van der Waals surface area contributed by atoms with E-state index in [1.54, 1.807) is 55.5 Å². The zero-order valence-electron chi connectivity index (χ0n) is 17.1. The molecule has 0 saturated heterocycles. The summed E-state index contributed by atoms with van der Waals surface area (Å²) >= 11 is 6.93. The van der Waals surface area contributed by atoms with Gasteiger partial charge in [0.05, 0.1) is 18.0 Å². The second-order valence-corrected chi connectivity index (χ2v) is 10.2. The third-order valence-corrected chi connectivity index (χ3v) is 7.91. The number of hydrogen-bond acceptors (Lipinski definition) is 7. The van der Waals surface area contributed by atoms with Gasteiger partial charge >= 0.3 is 0 Å². The number of anilines is 3. The summed E-state index contributed by atoms with van der Waals surface area (Å²) < 4.78 is 31.4. The van der Waals surface area contributed by atoms with Crippen molar-refractivity contribution >= 4 is 54.9 Å². The van der Waals surface area contributed by atoms with E-state index in [9.17, 15) is 13.2 Å². The van der Waals surface area contributed by atoms with E-state index in [4.69, 9.17) is 22.1 Å². The van der Waals surface area contributed by atoms with Crippen molar-refractivity contribution in [1.29, 1.82) is 0 Å². The molecule has 0 amide bonds. The van der Waals surface area contributed by atoms with Crippen molar-refractivity contribution in [1.82, 2.24) is 0 Å². The van der Waals surface area contributed by atoms with Crippen LogP contribution in [-0.4, -0.2) is 26.6 Å². The summed E-state index contributed by atoms with van der Waals surface area (Å²) in [7, 11) is -3.69. The molecule has 6 nitrogen and oxygen atoms in total. The van der Waals surface area contributed by atoms with E-state index in [1.807, 2.05) is 6.92 Å². The molecule has 1 aromatic heterocycles. The van der Waals surface area contributed by atoms with E-state index in [1.165, 1.54) is 0 Å². The predicted molar refractivity (Wildman–Crippen MR) is 127 cm³/mol. The first kappa shape index (κ1) is 23.1. The molecular weight excluding hydrogens is 456 g/mol. The molecule has 0 bridgehead atoms. The minimum atomic E-state index is -3.69. The fourth-order valence-electron chi connectivity index (χ4n) is 3.02. The SMILES string of the molecule is CCCS(=O)(=O)c1c(Nc2ccc(OCC)cc2)sc(C(=O)c2ccc(Cl)cc2)c1N. The molecule has 3 aromatic rings. The van der Waals surface area contributed by atoms with Gasteiger partial charge in [0.2, 0.25) is 5.78 Å². The molecule has 0 radical (unpaired) electrons. The van der Waals surface area contributed by atoms with Gasteiger partial charge in [0.15, 0.2) is 9.84 Å². The highest BCUT2D eigenvalue weighted by atomic mass is 35.5. The lowest BCUT2D eigenvalue weighted by Gasteiger charge is -2.10. The lowest BCUT2D eigenvalue weighted by Crippen LogP contribution is -2.10. The molecule has 0 unspecified atom stereocenters. The highest BCUT2D eigenvalue weighted by Gasteiger charge is 2.30. The van der Waals surface area contributed by atoms with Gasteiger partial charge < -0.3 is 15.8 Å². The fraction of sp³-hybridized carbons (Fsp3) is 0.227. The molecule has 0 saturated carbocycles. The van der Waals surface area contributed by atoms with Crippen LogP contribution in [0.3, 0.4) is 0 Å². The van der Waals surface area contributed by atoms with Crippen molar-refractivity contribution in [2.24, 2.45) is 0 Å². The number of ketones is 1. The van der Waals surface area contributed by atoms with Crippen LogP contribution in [-0.2, 0) is 9.84 Å². The summed E-state index contributed by atoms with van der Waals surface area (Å²) in [6.45, 7) is 4.22. The lowest BCUT2D eigenvalue weighted by atomic mass is 10.1. The third-order valence-electron chi connectivity index (χ3n) is 4.42. The summed E-state index contributed by atoms with van der Waals surface area (Å²) in [4.78, 5) is 13.2. The van der Waals surface area contributed by atoms with Crippen LogP contribution in [0.5, 0.6) is 5.75 Å². The molecule has 164 valence electrons. The van der Waals surface area contributed by atoms with Gasteiger partial charge in [0.1, 0.15) is 20.5 Å². The minimum absolute atomic E-state index is 0.0353. The number of hydrogen-bond donors (Lipinski definition) is 2. The first-order valence-electron chi connectivity index (χ1n) is 9.72. The van der Waals surface area contributed by atoms with Gasteiger partial charge in [-0.25, -0.2) is 8.42 Å². The lowest BCUT2D eigenvalue weighted by molar-refractivity contribution is 0.104. The molecular formula is C22H23ClN2O4S2. The molecule has 1 heterocycles. The Morgan fingerprint density at radius 2 is 1.74 bits per heavy atom. The molecule has 2 aromatic carbocycles. The number of benzene rings is 2. The number of halogens is 1. The van der Waals surface area contributed by atoms with Crippen LogP contribution in [0, 0.1) is 0 Å². The Kier molecular flexibility index (Phi) is 7.25. The van der Waals surface area contributed by atoms with Gasteiger partial charge in [-0.1, -0.05) is 18.5 Å². The predicted octanol–water partition coefficient (Wildman–Crippen LogP) is 5.54. The van der Waals surface area contributed by atoms with Gasteiger partial charge in [0.25, 0.3) is 0 Å².